The van der Waals surface area contributed by atoms with Gasteiger partial charge in [0.05, 0.1) is 0 Å². The maximum absolute atomic E-state index is 12.5. The van der Waals surface area contributed by atoms with Crippen LogP contribution in [0.5, 0.6) is 0 Å². The molecule has 2 heterocycles. The molecule has 0 spiro atoms. The van der Waals surface area contributed by atoms with E-state index in [4.69, 9.17) is 0 Å². The van der Waals surface area contributed by atoms with Gasteiger partial charge in [0.15, 0.2) is 0 Å². The molecular weight excluding hydrogens is 362 g/mol. The zero-order valence-electron chi connectivity index (χ0n) is 16.5. The number of amides is 1. The molecular formula is C23H23N5O. The molecule has 0 radical (unpaired) electrons. The quantitative estimate of drug-likeness (QED) is 0.462. The summed E-state index contributed by atoms with van der Waals surface area (Å²) in [5, 5.41) is 7.28. The highest BCUT2D eigenvalue weighted by atomic mass is 16.1. The summed E-state index contributed by atoms with van der Waals surface area (Å²) in [5.74, 6) is 0.188. The maximum Gasteiger partial charge on any atom is 0.270 e. The second-order valence-electron chi connectivity index (χ2n) is 7.05. The molecule has 0 fully saturated rings. The third kappa shape index (κ3) is 4.27. The van der Waals surface area contributed by atoms with Gasteiger partial charge in [0.25, 0.3) is 5.91 Å². The van der Waals surface area contributed by atoms with Crippen LogP contribution in [0.1, 0.15) is 27.2 Å². The van der Waals surface area contributed by atoms with Crippen molar-refractivity contribution in [1.29, 1.82) is 0 Å². The van der Waals surface area contributed by atoms with Crippen molar-refractivity contribution in [3.63, 3.8) is 0 Å². The van der Waals surface area contributed by atoms with Gasteiger partial charge < -0.3 is 15.6 Å². The molecule has 146 valence electrons. The second kappa shape index (κ2) is 8.14. The van der Waals surface area contributed by atoms with E-state index < -0.39 is 0 Å². The van der Waals surface area contributed by atoms with Gasteiger partial charge in [-0.1, -0.05) is 24.3 Å². The van der Waals surface area contributed by atoms with Gasteiger partial charge in [-0.15, -0.1) is 0 Å². The normalized spacial score (nSPS) is 10.8. The Morgan fingerprint density at radius 3 is 2.79 bits per heavy atom. The van der Waals surface area contributed by atoms with Crippen molar-refractivity contribution < 1.29 is 4.79 Å². The molecule has 0 aliphatic carbocycles. The smallest absolute Gasteiger partial charge is 0.270 e. The third-order valence-electron chi connectivity index (χ3n) is 5.01. The molecule has 1 amide bonds. The highest BCUT2D eigenvalue weighted by Crippen LogP contribution is 2.18. The molecule has 6 nitrogen and oxygen atoms in total. The fourth-order valence-electron chi connectivity index (χ4n) is 3.23. The number of benzene rings is 2. The molecule has 0 saturated carbocycles. The fraction of sp³-hybridized carbons (Fsp3) is 0.174. The highest BCUT2D eigenvalue weighted by Gasteiger charge is 2.10. The molecule has 0 atom stereocenters. The van der Waals surface area contributed by atoms with E-state index in [-0.39, 0.29) is 5.91 Å². The van der Waals surface area contributed by atoms with E-state index in [0.29, 0.717) is 18.2 Å². The molecule has 2 aromatic heterocycles. The molecule has 0 aliphatic heterocycles. The molecule has 29 heavy (non-hydrogen) atoms. The minimum atomic E-state index is -0.213. The average Bonchev–Trinajstić information content (AvgIpc) is 3.14. The first-order valence-electron chi connectivity index (χ1n) is 9.60. The van der Waals surface area contributed by atoms with Crippen LogP contribution in [0.15, 0.2) is 60.9 Å². The number of hydrogen-bond donors (Lipinski definition) is 3. The van der Waals surface area contributed by atoms with E-state index in [1.807, 2.05) is 42.6 Å². The largest absolute Gasteiger partial charge is 0.361 e. The summed E-state index contributed by atoms with van der Waals surface area (Å²) in [4.78, 5) is 24.3. The number of nitrogens with zero attached hydrogens (tertiary/aromatic N) is 2. The Kier molecular flexibility index (Phi) is 5.24. The van der Waals surface area contributed by atoms with E-state index in [9.17, 15) is 4.79 Å². The molecule has 0 saturated heterocycles. The van der Waals surface area contributed by atoms with Crippen molar-refractivity contribution in [2.75, 3.05) is 11.9 Å². The van der Waals surface area contributed by atoms with Crippen LogP contribution in [-0.4, -0.2) is 27.4 Å². The second-order valence-corrected chi connectivity index (χ2v) is 7.05. The summed E-state index contributed by atoms with van der Waals surface area (Å²) in [7, 11) is 0. The van der Waals surface area contributed by atoms with E-state index in [2.05, 4.69) is 45.5 Å². The highest BCUT2D eigenvalue weighted by molar-refractivity contribution is 5.92. The fourth-order valence-corrected chi connectivity index (χ4v) is 3.23. The van der Waals surface area contributed by atoms with Crippen molar-refractivity contribution >= 4 is 28.4 Å². The first-order valence-corrected chi connectivity index (χ1v) is 9.60. The number of rotatable bonds is 6. The van der Waals surface area contributed by atoms with Crippen LogP contribution in [0, 0.1) is 13.8 Å². The van der Waals surface area contributed by atoms with Crippen LogP contribution in [0.3, 0.4) is 0 Å². The Morgan fingerprint density at radius 1 is 1.07 bits per heavy atom. The molecule has 4 aromatic rings. The van der Waals surface area contributed by atoms with E-state index >= 15 is 0 Å². The van der Waals surface area contributed by atoms with Gasteiger partial charge in [0.2, 0.25) is 5.95 Å². The Labute approximate surface area is 169 Å². The van der Waals surface area contributed by atoms with Crippen molar-refractivity contribution in [2.45, 2.75) is 20.3 Å². The standard InChI is InChI=1S/C23H23N5O/c1-15-7-8-18(13-16(15)2)27-23-25-12-10-21(28-23)22(29)24-11-9-17-14-26-20-6-4-3-5-19(17)20/h3-8,10,12-14,26H,9,11H2,1-2H3,(H,24,29)(H,25,27,28). The number of anilines is 2. The summed E-state index contributed by atoms with van der Waals surface area (Å²) < 4.78 is 0. The van der Waals surface area contributed by atoms with Gasteiger partial charge >= 0.3 is 0 Å². The van der Waals surface area contributed by atoms with Gasteiger partial charge in [0, 0.05) is 35.5 Å². The minimum Gasteiger partial charge on any atom is -0.361 e. The lowest BCUT2D eigenvalue weighted by Gasteiger charge is -2.09. The van der Waals surface area contributed by atoms with Gasteiger partial charge in [-0.25, -0.2) is 9.97 Å². The number of carbonyl (C=O) groups excluding carboxylic acids is 1. The van der Waals surface area contributed by atoms with Gasteiger partial charge in [-0.3, -0.25) is 4.79 Å². The minimum absolute atomic E-state index is 0.213. The van der Waals surface area contributed by atoms with Gasteiger partial charge in [-0.2, -0.15) is 0 Å². The number of nitrogens with one attached hydrogen (secondary N) is 3. The van der Waals surface area contributed by atoms with Gasteiger partial charge in [0.1, 0.15) is 5.69 Å². The Balaban J connectivity index is 1.38. The lowest BCUT2D eigenvalue weighted by Crippen LogP contribution is -2.26. The van der Waals surface area contributed by atoms with E-state index in [1.165, 1.54) is 22.1 Å². The molecule has 0 unspecified atom stereocenters. The zero-order chi connectivity index (χ0) is 20.2. The summed E-state index contributed by atoms with van der Waals surface area (Å²) in [5.41, 5.74) is 5.92. The average molecular weight is 385 g/mol. The number of H-pyrrole nitrogens is 1. The Bertz CT molecular complexity index is 1160. The summed E-state index contributed by atoms with van der Waals surface area (Å²) in [6.07, 6.45) is 4.33. The molecule has 4 rings (SSSR count). The predicted octanol–water partition coefficient (Wildman–Crippen LogP) is 4.29. The number of fused-ring (bicyclic) bond motifs is 1. The van der Waals surface area contributed by atoms with Crippen LogP contribution in [0.4, 0.5) is 11.6 Å². The number of para-hydroxylation sites is 1. The lowest BCUT2D eigenvalue weighted by molar-refractivity contribution is 0.0949. The molecule has 0 bridgehead atoms. The summed E-state index contributed by atoms with van der Waals surface area (Å²) in [6.45, 7) is 4.65. The Morgan fingerprint density at radius 2 is 1.93 bits per heavy atom. The zero-order valence-corrected chi connectivity index (χ0v) is 16.5. The number of carbonyl (C=O) groups is 1. The van der Waals surface area contributed by atoms with Crippen molar-refractivity contribution in [3.8, 4) is 0 Å². The number of hydrogen-bond acceptors (Lipinski definition) is 4. The Hall–Kier alpha value is -3.67. The SMILES string of the molecule is Cc1ccc(Nc2nccc(C(=O)NCCc3c[nH]c4ccccc34)n2)cc1C. The monoisotopic (exact) mass is 385 g/mol. The van der Waals surface area contributed by atoms with Crippen LogP contribution in [0.25, 0.3) is 10.9 Å². The molecule has 2 aromatic carbocycles. The summed E-state index contributed by atoms with van der Waals surface area (Å²) >= 11 is 0. The van der Waals surface area contributed by atoms with Crippen LogP contribution in [-0.2, 0) is 6.42 Å². The van der Waals surface area contributed by atoms with E-state index in [0.717, 1.165) is 17.6 Å². The topological polar surface area (TPSA) is 82.7 Å². The van der Waals surface area contributed by atoms with Crippen LogP contribution >= 0.6 is 0 Å². The number of aryl methyl sites for hydroxylation is 2. The van der Waals surface area contributed by atoms with Gasteiger partial charge in [-0.05, 0) is 61.2 Å². The predicted molar refractivity (Wildman–Crippen MR) is 116 cm³/mol. The van der Waals surface area contributed by atoms with Crippen LogP contribution < -0.4 is 10.6 Å². The summed E-state index contributed by atoms with van der Waals surface area (Å²) in [6, 6.07) is 15.8. The molecule has 6 heteroatoms. The van der Waals surface area contributed by atoms with Crippen molar-refractivity contribution in [2.24, 2.45) is 0 Å². The molecule has 0 aliphatic rings. The third-order valence-corrected chi connectivity index (χ3v) is 5.01. The first-order chi connectivity index (χ1) is 14.1. The molecule has 3 N–H and O–H groups in total. The van der Waals surface area contributed by atoms with E-state index in [1.54, 1.807) is 12.3 Å². The maximum atomic E-state index is 12.5. The van der Waals surface area contributed by atoms with Crippen LogP contribution in [0.2, 0.25) is 0 Å². The van der Waals surface area contributed by atoms with Crippen molar-refractivity contribution in [1.82, 2.24) is 20.3 Å². The van der Waals surface area contributed by atoms with Crippen molar-refractivity contribution in [3.05, 3.63) is 83.3 Å². The first kappa shape index (κ1) is 18.7. The number of aromatic amines is 1. The number of aromatic nitrogens is 3. The lowest BCUT2D eigenvalue weighted by atomic mass is 10.1.